The van der Waals surface area contributed by atoms with Crippen LogP contribution in [0.5, 0.6) is 11.5 Å². The molecule has 1 amide bonds. The summed E-state index contributed by atoms with van der Waals surface area (Å²) in [6.07, 6.45) is 1.57. The Labute approximate surface area is 178 Å². The summed E-state index contributed by atoms with van der Waals surface area (Å²) in [4.78, 5) is 12.4. The fraction of sp³-hybridized carbons (Fsp3) is 0.130. The molecule has 0 fully saturated rings. The van der Waals surface area contributed by atoms with E-state index in [0.717, 1.165) is 21.3 Å². The minimum Gasteiger partial charge on any atom is -0.496 e. The Morgan fingerprint density at radius 1 is 1.10 bits per heavy atom. The number of amides is 1. The van der Waals surface area contributed by atoms with Crippen molar-refractivity contribution in [2.75, 3.05) is 7.11 Å². The number of benzene rings is 3. The van der Waals surface area contributed by atoms with Crippen molar-refractivity contribution < 1.29 is 14.3 Å². The lowest BCUT2D eigenvalue weighted by atomic mass is 10.2. The summed E-state index contributed by atoms with van der Waals surface area (Å²) in [7, 11) is 1.52. The van der Waals surface area contributed by atoms with E-state index in [9.17, 15) is 4.79 Å². The van der Waals surface area contributed by atoms with E-state index in [-0.39, 0.29) is 5.91 Å². The second-order valence-corrected chi connectivity index (χ2v) is 7.31. The van der Waals surface area contributed by atoms with E-state index < -0.39 is 0 Å². The first-order valence-corrected chi connectivity index (χ1v) is 9.80. The SMILES string of the molecule is COc1ccc(Br)cc1C(=O)N/N=C\c1cccc(OCc2ccc(C)cc2)c1. The normalized spacial score (nSPS) is 10.7. The molecule has 3 aromatic rings. The predicted molar refractivity (Wildman–Crippen MR) is 118 cm³/mol. The van der Waals surface area contributed by atoms with Crippen molar-refractivity contribution in [3.05, 3.63) is 93.5 Å². The van der Waals surface area contributed by atoms with Crippen LogP contribution in [0.4, 0.5) is 0 Å². The first kappa shape index (κ1) is 20.6. The van der Waals surface area contributed by atoms with Gasteiger partial charge in [0.2, 0.25) is 0 Å². The number of nitrogens with one attached hydrogen (secondary N) is 1. The van der Waals surface area contributed by atoms with Crippen LogP contribution >= 0.6 is 15.9 Å². The van der Waals surface area contributed by atoms with Gasteiger partial charge in [0.15, 0.2) is 0 Å². The van der Waals surface area contributed by atoms with Crippen molar-refractivity contribution in [2.24, 2.45) is 5.10 Å². The third-order valence-corrected chi connectivity index (χ3v) is 4.66. The summed E-state index contributed by atoms with van der Waals surface area (Å²) in [5.41, 5.74) is 6.05. The van der Waals surface area contributed by atoms with Crippen LogP contribution in [0.15, 0.2) is 76.3 Å². The first-order valence-electron chi connectivity index (χ1n) is 9.00. The summed E-state index contributed by atoms with van der Waals surface area (Å²) < 4.78 is 11.8. The average molecular weight is 453 g/mol. The molecule has 5 nitrogen and oxygen atoms in total. The standard InChI is InChI=1S/C23H21BrN2O3/c1-16-6-8-17(9-7-16)15-29-20-5-3-4-18(12-20)14-25-26-23(27)21-13-19(24)10-11-22(21)28-2/h3-14H,15H2,1-2H3,(H,26,27)/b25-14-. The monoisotopic (exact) mass is 452 g/mol. The van der Waals surface area contributed by atoms with Gasteiger partial charge in [0.25, 0.3) is 5.91 Å². The molecule has 0 bridgehead atoms. The second-order valence-electron chi connectivity index (χ2n) is 6.39. The van der Waals surface area contributed by atoms with Crippen molar-refractivity contribution >= 4 is 28.1 Å². The highest BCUT2D eigenvalue weighted by atomic mass is 79.9. The number of aryl methyl sites for hydroxylation is 1. The Kier molecular flexibility index (Phi) is 7.03. The van der Waals surface area contributed by atoms with Gasteiger partial charge in [-0.05, 0) is 48.4 Å². The highest BCUT2D eigenvalue weighted by molar-refractivity contribution is 9.10. The Hall–Kier alpha value is -3.12. The third-order valence-electron chi connectivity index (χ3n) is 4.17. The Morgan fingerprint density at radius 2 is 1.90 bits per heavy atom. The lowest BCUT2D eigenvalue weighted by molar-refractivity contribution is 0.0952. The Balaban J connectivity index is 1.61. The highest BCUT2D eigenvalue weighted by Gasteiger charge is 2.11. The largest absolute Gasteiger partial charge is 0.496 e. The van der Waals surface area contributed by atoms with Crippen LogP contribution in [0.25, 0.3) is 0 Å². The summed E-state index contributed by atoms with van der Waals surface area (Å²) in [6.45, 7) is 2.54. The number of nitrogens with zero attached hydrogens (tertiary/aromatic N) is 1. The maximum absolute atomic E-state index is 12.4. The summed E-state index contributed by atoms with van der Waals surface area (Å²) in [6, 6.07) is 20.9. The maximum Gasteiger partial charge on any atom is 0.275 e. The van der Waals surface area contributed by atoms with Gasteiger partial charge in [-0.15, -0.1) is 0 Å². The van der Waals surface area contributed by atoms with Gasteiger partial charge >= 0.3 is 0 Å². The zero-order chi connectivity index (χ0) is 20.6. The van der Waals surface area contributed by atoms with E-state index >= 15 is 0 Å². The van der Waals surface area contributed by atoms with Gasteiger partial charge in [0.05, 0.1) is 18.9 Å². The van der Waals surface area contributed by atoms with Crippen molar-refractivity contribution in [1.29, 1.82) is 0 Å². The number of carbonyl (C=O) groups is 1. The van der Waals surface area contributed by atoms with Crippen LogP contribution in [-0.4, -0.2) is 19.2 Å². The number of ether oxygens (including phenoxy) is 2. The van der Waals surface area contributed by atoms with Gasteiger partial charge in [0, 0.05) is 4.47 Å². The molecule has 0 radical (unpaired) electrons. The number of hydrogen-bond donors (Lipinski definition) is 1. The zero-order valence-electron chi connectivity index (χ0n) is 16.2. The highest BCUT2D eigenvalue weighted by Crippen LogP contribution is 2.22. The van der Waals surface area contributed by atoms with Gasteiger partial charge in [0.1, 0.15) is 18.1 Å². The fourth-order valence-corrected chi connectivity index (χ4v) is 2.98. The quantitative estimate of drug-likeness (QED) is 0.400. The summed E-state index contributed by atoms with van der Waals surface area (Å²) in [5.74, 6) is 0.855. The average Bonchev–Trinajstić information content (AvgIpc) is 2.73. The molecule has 0 aliphatic heterocycles. The van der Waals surface area contributed by atoms with Gasteiger partial charge in [-0.1, -0.05) is 57.9 Å². The van der Waals surface area contributed by atoms with Gasteiger partial charge in [-0.3, -0.25) is 4.79 Å². The lowest BCUT2D eigenvalue weighted by Crippen LogP contribution is -2.18. The smallest absolute Gasteiger partial charge is 0.275 e. The van der Waals surface area contributed by atoms with E-state index in [4.69, 9.17) is 9.47 Å². The summed E-state index contributed by atoms with van der Waals surface area (Å²) in [5, 5.41) is 4.04. The predicted octanol–water partition coefficient (Wildman–Crippen LogP) is 5.11. The molecule has 0 saturated heterocycles. The van der Waals surface area contributed by atoms with Gasteiger partial charge in [-0.2, -0.15) is 5.10 Å². The topological polar surface area (TPSA) is 59.9 Å². The lowest BCUT2D eigenvalue weighted by Gasteiger charge is -2.08. The molecule has 0 heterocycles. The van der Waals surface area contributed by atoms with Crippen LogP contribution in [-0.2, 0) is 6.61 Å². The van der Waals surface area contributed by atoms with E-state index in [2.05, 4.69) is 45.5 Å². The van der Waals surface area contributed by atoms with Crippen LogP contribution in [0.2, 0.25) is 0 Å². The molecule has 6 heteroatoms. The van der Waals surface area contributed by atoms with Crippen LogP contribution in [0, 0.1) is 6.92 Å². The summed E-state index contributed by atoms with van der Waals surface area (Å²) >= 11 is 3.35. The minimum absolute atomic E-state index is 0.355. The van der Waals surface area contributed by atoms with Crippen LogP contribution in [0.3, 0.4) is 0 Å². The number of hydrogen-bond acceptors (Lipinski definition) is 4. The molecule has 3 rings (SSSR count). The molecule has 148 valence electrons. The van der Waals surface area contributed by atoms with E-state index in [1.165, 1.54) is 12.7 Å². The van der Waals surface area contributed by atoms with Crippen LogP contribution in [0.1, 0.15) is 27.0 Å². The first-order chi connectivity index (χ1) is 14.0. The number of halogens is 1. The molecule has 3 aromatic carbocycles. The third kappa shape index (κ3) is 5.93. The number of carbonyl (C=O) groups excluding carboxylic acids is 1. The van der Waals surface area contributed by atoms with Crippen LogP contribution < -0.4 is 14.9 Å². The molecule has 0 aliphatic carbocycles. The molecule has 1 N–H and O–H groups in total. The zero-order valence-corrected chi connectivity index (χ0v) is 17.8. The molecule has 0 aromatic heterocycles. The van der Waals surface area contributed by atoms with Gasteiger partial charge in [-0.25, -0.2) is 5.43 Å². The maximum atomic E-state index is 12.4. The minimum atomic E-state index is -0.355. The van der Waals surface area contributed by atoms with E-state index in [1.807, 2.05) is 36.4 Å². The Bertz CT molecular complexity index is 1020. The number of rotatable bonds is 7. The number of hydrazone groups is 1. The fourth-order valence-electron chi connectivity index (χ4n) is 2.62. The number of methoxy groups -OCH3 is 1. The molecule has 0 atom stereocenters. The van der Waals surface area contributed by atoms with Crippen molar-refractivity contribution in [3.8, 4) is 11.5 Å². The Morgan fingerprint density at radius 3 is 2.66 bits per heavy atom. The molecule has 0 unspecified atom stereocenters. The molecule has 0 aliphatic rings. The molecule has 29 heavy (non-hydrogen) atoms. The van der Waals surface area contributed by atoms with E-state index in [0.29, 0.717) is 17.9 Å². The molecule has 0 saturated carbocycles. The molecular weight excluding hydrogens is 432 g/mol. The molecular formula is C23H21BrN2O3. The van der Waals surface area contributed by atoms with E-state index in [1.54, 1.807) is 24.4 Å². The van der Waals surface area contributed by atoms with Crippen molar-refractivity contribution in [3.63, 3.8) is 0 Å². The van der Waals surface area contributed by atoms with Crippen molar-refractivity contribution in [2.45, 2.75) is 13.5 Å². The molecule has 0 spiro atoms. The van der Waals surface area contributed by atoms with Gasteiger partial charge < -0.3 is 9.47 Å². The van der Waals surface area contributed by atoms with Crippen molar-refractivity contribution in [1.82, 2.24) is 5.43 Å². The second kappa shape index (κ2) is 9.89.